The van der Waals surface area contributed by atoms with E-state index in [1.165, 1.54) is 17.4 Å². The molecule has 0 N–H and O–H groups in total. The lowest BCUT2D eigenvalue weighted by atomic mass is 10.0. The summed E-state index contributed by atoms with van der Waals surface area (Å²) in [5.74, 6) is -0.0813. The number of amides is 1. The van der Waals surface area contributed by atoms with Crippen molar-refractivity contribution in [3.63, 3.8) is 0 Å². The van der Waals surface area contributed by atoms with Crippen molar-refractivity contribution in [2.45, 2.75) is 6.42 Å². The molecule has 0 saturated carbocycles. The Labute approximate surface area is 201 Å². The van der Waals surface area contributed by atoms with Crippen LogP contribution >= 0.6 is 11.3 Å². The Morgan fingerprint density at radius 2 is 1.91 bits per heavy atom. The van der Waals surface area contributed by atoms with Gasteiger partial charge in [0.2, 0.25) is 0 Å². The third kappa shape index (κ3) is 4.61. The molecule has 1 aliphatic heterocycles. The first-order valence-electron chi connectivity index (χ1n) is 11.4. The molecule has 1 aromatic heterocycles. The molecule has 0 atom stereocenters. The van der Waals surface area contributed by atoms with E-state index in [1.807, 2.05) is 42.5 Å². The molecular weight excluding hydrogens is 453 g/mol. The number of carbonyl (C=O) groups is 1. The molecule has 2 heterocycles. The SMILES string of the molecule is COc1cc2ccccc2cc1C(=O)N(CCCN1CCOCC1)c1nc2c(F)cccc2s1. The number of rotatable bonds is 7. The van der Waals surface area contributed by atoms with Gasteiger partial charge < -0.3 is 9.47 Å². The summed E-state index contributed by atoms with van der Waals surface area (Å²) in [5.41, 5.74) is 0.756. The molecule has 34 heavy (non-hydrogen) atoms. The maximum Gasteiger partial charge on any atom is 0.263 e. The van der Waals surface area contributed by atoms with Crippen molar-refractivity contribution in [1.29, 1.82) is 0 Å². The monoisotopic (exact) mass is 479 g/mol. The van der Waals surface area contributed by atoms with Crippen LogP contribution in [-0.4, -0.2) is 62.3 Å². The minimum atomic E-state index is -0.385. The molecule has 0 aliphatic carbocycles. The highest BCUT2D eigenvalue weighted by Gasteiger charge is 2.25. The van der Waals surface area contributed by atoms with E-state index >= 15 is 0 Å². The molecular formula is C26H26FN3O3S. The summed E-state index contributed by atoms with van der Waals surface area (Å²) in [7, 11) is 1.57. The van der Waals surface area contributed by atoms with Crippen molar-refractivity contribution in [2.24, 2.45) is 0 Å². The molecule has 1 saturated heterocycles. The van der Waals surface area contributed by atoms with Gasteiger partial charge >= 0.3 is 0 Å². The second-order valence-electron chi connectivity index (χ2n) is 8.25. The highest BCUT2D eigenvalue weighted by atomic mass is 32.1. The van der Waals surface area contributed by atoms with Gasteiger partial charge in [0.1, 0.15) is 17.1 Å². The van der Waals surface area contributed by atoms with Crippen LogP contribution in [0.15, 0.2) is 54.6 Å². The van der Waals surface area contributed by atoms with E-state index in [0.717, 1.165) is 50.0 Å². The van der Waals surface area contributed by atoms with Crippen molar-refractivity contribution in [2.75, 3.05) is 51.4 Å². The number of thiazole rings is 1. The quantitative estimate of drug-likeness (QED) is 0.375. The van der Waals surface area contributed by atoms with Crippen LogP contribution in [0, 0.1) is 5.82 Å². The molecule has 1 amide bonds. The molecule has 0 radical (unpaired) electrons. The van der Waals surface area contributed by atoms with E-state index in [-0.39, 0.29) is 11.7 Å². The van der Waals surface area contributed by atoms with Crippen LogP contribution in [0.4, 0.5) is 9.52 Å². The van der Waals surface area contributed by atoms with Crippen molar-refractivity contribution < 1.29 is 18.7 Å². The number of hydrogen-bond acceptors (Lipinski definition) is 6. The Balaban J connectivity index is 1.49. The Morgan fingerprint density at radius 3 is 2.65 bits per heavy atom. The lowest BCUT2D eigenvalue weighted by Crippen LogP contribution is -2.39. The van der Waals surface area contributed by atoms with Crippen LogP contribution < -0.4 is 9.64 Å². The zero-order chi connectivity index (χ0) is 23.5. The number of methoxy groups -OCH3 is 1. The molecule has 6 nitrogen and oxygen atoms in total. The fraction of sp³-hybridized carbons (Fsp3) is 0.308. The van der Waals surface area contributed by atoms with Gasteiger partial charge in [-0.1, -0.05) is 41.7 Å². The third-order valence-corrected chi connectivity index (χ3v) is 7.14. The van der Waals surface area contributed by atoms with Gasteiger partial charge in [-0.15, -0.1) is 0 Å². The van der Waals surface area contributed by atoms with Crippen LogP contribution in [0.25, 0.3) is 21.0 Å². The fourth-order valence-corrected chi connectivity index (χ4v) is 5.29. The lowest BCUT2D eigenvalue weighted by molar-refractivity contribution is 0.0376. The molecule has 0 bridgehead atoms. The van der Waals surface area contributed by atoms with Gasteiger partial charge in [-0.05, 0) is 41.5 Å². The minimum absolute atomic E-state index is 0.205. The summed E-state index contributed by atoms with van der Waals surface area (Å²) in [5, 5.41) is 2.44. The van der Waals surface area contributed by atoms with Gasteiger partial charge in [0.05, 0.1) is 30.6 Å². The van der Waals surface area contributed by atoms with Gasteiger partial charge in [0.25, 0.3) is 5.91 Å². The topological polar surface area (TPSA) is 54.9 Å². The van der Waals surface area contributed by atoms with Gasteiger partial charge in [-0.25, -0.2) is 9.37 Å². The number of morpholine rings is 1. The maximum atomic E-state index is 14.4. The Hall–Kier alpha value is -3.07. The Bertz CT molecular complexity index is 1320. The van der Waals surface area contributed by atoms with Gasteiger partial charge in [0, 0.05) is 26.2 Å². The predicted molar refractivity (Wildman–Crippen MR) is 134 cm³/mol. The molecule has 3 aromatic carbocycles. The number of para-hydroxylation sites is 1. The second kappa shape index (κ2) is 10.0. The minimum Gasteiger partial charge on any atom is -0.496 e. The average Bonchev–Trinajstić information content (AvgIpc) is 3.31. The predicted octanol–water partition coefficient (Wildman–Crippen LogP) is 4.97. The lowest BCUT2D eigenvalue weighted by Gasteiger charge is -2.28. The number of hydrogen-bond donors (Lipinski definition) is 0. The maximum absolute atomic E-state index is 14.4. The van der Waals surface area contributed by atoms with Gasteiger partial charge in [0.15, 0.2) is 5.13 Å². The zero-order valence-electron chi connectivity index (χ0n) is 19.0. The van der Waals surface area contributed by atoms with Crippen molar-refractivity contribution in [3.05, 3.63) is 66.0 Å². The number of nitrogens with zero attached hydrogens (tertiary/aromatic N) is 3. The van der Waals surface area contributed by atoms with Crippen LogP contribution in [-0.2, 0) is 4.74 Å². The van der Waals surface area contributed by atoms with E-state index in [4.69, 9.17) is 9.47 Å². The number of fused-ring (bicyclic) bond motifs is 2. The molecule has 8 heteroatoms. The number of benzene rings is 3. The first-order valence-corrected chi connectivity index (χ1v) is 12.2. The van der Waals surface area contributed by atoms with Crippen molar-refractivity contribution in [1.82, 2.24) is 9.88 Å². The number of ether oxygens (including phenoxy) is 2. The smallest absolute Gasteiger partial charge is 0.263 e. The zero-order valence-corrected chi connectivity index (χ0v) is 19.8. The van der Waals surface area contributed by atoms with Crippen LogP contribution in [0.5, 0.6) is 5.75 Å². The molecule has 5 rings (SSSR count). The number of carbonyl (C=O) groups excluding carboxylic acids is 1. The summed E-state index contributed by atoms with van der Waals surface area (Å²) in [6.07, 6.45) is 0.764. The normalized spacial score (nSPS) is 14.5. The van der Waals surface area contributed by atoms with E-state index in [1.54, 1.807) is 18.1 Å². The summed E-state index contributed by atoms with van der Waals surface area (Å²) in [6.45, 7) is 4.55. The van der Waals surface area contributed by atoms with Crippen molar-refractivity contribution >= 4 is 43.4 Å². The van der Waals surface area contributed by atoms with Gasteiger partial charge in [-0.3, -0.25) is 14.6 Å². The summed E-state index contributed by atoms with van der Waals surface area (Å²) >= 11 is 1.33. The van der Waals surface area contributed by atoms with E-state index in [2.05, 4.69) is 9.88 Å². The summed E-state index contributed by atoms with van der Waals surface area (Å²) in [4.78, 5) is 22.4. The molecule has 176 valence electrons. The van der Waals surface area contributed by atoms with Crippen molar-refractivity contribution in [3.8, 4) is 5.75 Å². The summed E-state index contributed by atoms with van der Waals surface area (Å²) < 4.78 is 26.1. The molecule has 4 aromatic rings. The molecule has 0 spiro atoms. The highest BCUT2D eigenvalue weighted by molar-refractivity contribution is 7.22. The average molecular weight is 480 g/mol. The largest absolute Gasteiger partial charge is 0.496 e. The van der Waals surface area contributed by atoms with Crippen LogP contribution in [0.1, 0.15) is 16.8 Å². The van der Waals surface area contributed by atoms with E-state index in [0.29, 0.717) is 33.2 Å². The van der Waals surface area contributed by atoms with Crippen LogP contribution in [0.3, 0.4) is 0 Å². The fourth-order valence-electron chi connectivity index (χ4n) is 4.28. The number of halogens is 1. The Morgan fingerprint density at radius 1 is 1.15 bits per heavy atom. The van der Waals surface area contributed by atoms with E-state index < -0.39 is 0 Å². The molecule has 0 unspecified atom stereocenters. The third-order valence-electron chi connectivity index (χ3n) is 6.09. The molecule has 1 aliphatic rings. The van der Waals surface area contributed by atoms with Gasteiger partial charge in [-0.2, -0.15) is 0 Å². The number of anilines is 1. The van der Waals surface area contributed by atoms with Crippen LogP contribution in [0.2, 0.25) is 0 Å². The second-order valence-corrected chi connectivity index (χ2v) is 9.26. The Kier molecular flexibility index (Phi) is 6.71. The summed E-state index contributed by atoms with van der Waals surface area (Å²) in [6, 6.07) is 16.5. The van der Waals surface area contributed by atoms with E-state index in [9.17, 15) is 9.18 Å². The highest BCUT2D eigenvalue weighted by Crippen LogP contribution is 2.33. The molecule has 1 fully saturated rings. The first-order chi connectivity index (χ1) is 16.6. The number of aromatic nitrogens is 1. The standard InChI is InChI=1S/C26H26FN3O3S/c1-32-22-17-19-7-3-2-6-18(19)16-20(22)25(31)30(11-5-10-29-12-14-33-15-13-29)26-28-24-21(27)8-4-9-23(24)34-26/h2-4,6-9,16-17H,5,10-15H2,1H3. The first kappa shape index (κ1) is 22.7.